The summed E-state index contributed by atoms with van der Waals surface area (Å²) in [6.07, 6.45) is 4.81. The number of aromatic nitrogens is 3. The predicted octanol–water partition coefficient (Wildman–Crippen LogP) is 0.916. The molecule has 0 radical (unpaired) electrons. The summed E-state index contributed by atoms with van der Waals surface area (Å²) in [6.45, 7) is 2.82. The van der Waals surface area contributed by atoms with Crippen molar-refractivity contribution in [1.29, 1.82) is 0 Å². The van der Waals surface area contributed by atoms with E-state index < -0.39 is 0 Å². The van der Waals surface area contributed by atoms with Crippen LogP contribution in [0.25, 0.3) is 0 Å². The third-order valence-corrected chi connectivity index (χ3v) is 4.35. The lowest BCUT2D eigenvalue weighted by atomic mass is 10.2. The molecule has 7 heteroatoms. The topological polar surface area (TPSA) is 75.4 Å². The summed E-state index contributed by atoms with van der Waals surface area (Å²) in [5.74, 6) is 1.12. The molecule has 3 heterocycles. The Morgan fingerprint density at radius 2 is 2.00 bits per heavy atom. The first-order valence-corrected chi connectivity index (χ1v) is 7.61. The Kier molecular flexibility index (Phi) is 3.25. The number of hydrogen-bond donors (Lipinski definition) is 0. The van der Waals surface area contributed by atoms with Crippen molar-refractivity contribution < 1.29 is 9.32 Å². The molecule has 2 aromatic rings. The molecule has 1 amide bonds. The Bertz CT molecular complexity index is 677. The summed E-state index contributed by atoms with van der Waals surface area (Å²) < 4.78 is 4.93. The van der Waals surface area contributed by atoms with Crippen LogP contribution in [0.5, 0.6) is 0 Å². The minimum atomic E-state index is -0.0998. The number of amides is 1. The predicted molar refractivity (Wildman–Crippen MR) is 78.7 cm³/mol. The van der Waals surface area contributed by atoms with Crippen LogP contribution in [-0.4, -0.2) is 52.3 Å². The zero-order valence-electron chi connectivity index (χ0n) is 12.2. The molecule has 1 aliphatic carbocycles. The lowest BCUT2D eigenvalue weighted by molar-refractivity contribution is 0.0704. The highest BCUT2D eigenvalue weighted by atomic mass is 16.5. The van der Waals surface area contributed by atoms with Gasteiger partial charge in [0.05, 0.1) is 11.9 Å². The van der Waals surface area contributed by atoms with Gasteiger partial charge in [-0.3, -0.25) is 4.79 Å². The van der Waals surface area contributed by atoms with E-state index in [0.717, 1.165) is 37.4 Å². The summed E-state index contributed by atoms with van der Waals surface area (Å²) in [7, 11) is 0. The molecule has 1 saturated heterocycles. The molecule has 2 aliphatic rings. The van der Waals surface area contributed by atoms with Gasteiger partial charge in [-0.25, -0.2) is 0 Å². The Hall–Kier alpha value is -2.44. The van der Waals surface area contributed by atoms with E-state index in [4.69, 9.17) is 4.52 Å². The van der Waals surface area contributed by atoms with Gasteiger partial charge in [-0.05, 0) is 30.9 Å². The molecule has 2 aromatic heterocycles. The van der Waals surface area contributed by atoms with Gasteiger partial charge in [0.2, 0.25) is 5.76 Å². The average Bonchev–Trinajstić information content (AvgIpc) is 3.25. The maximum atomic E-state index is 12.2. The third-order valence-electron chi connectivity index (χ3n) is 4.35. The number of carbonyl (C=O) groups is 1. The molecule has 7 nitrogen and oxygen atoms in total. The number of aryl methyl sites for hydroxylation is 2. The molecule has 0 bridgehead atoms. The number of nitrogens with zero attached hydrogens (tertiary/aromatic N) is 5. The van der Waals surface area contributed by atoms with E-state index in [0.29, 0.717) is 18.8 Å². The van der Waals surface area contributed by atoms with Crippen LogP contribution in [0.3, 0.4) is 0 Å². The number of carbonyl (C=O) groups excluding carboxylic acids is 1. The molecule has 22 heavy (non-hydrogen) atoms. The quantitative estimate of drug-likeness (QED) is 0.820. The SMILES string of the molecule is O=C(c1ccno1)N1CCN(c2cc3c(nn2)CCC3)CC1. The maximum Gasteiger partial charge on any atom is 0.292 e. The Balaban J connectivity index is 1.42. The van der Waals surface area contributed by atoms with Crippen molar-refractivity contribution in [2.24, 2.45) is 0 Å². The molecular weight excluding hydrogens is 282 g/mol. The average molecular weight is 299 g/mol. The van der Waals surface area contributed by atoms with Crippen LogP contribution in [0.2, 0.25) is 0 Å². The van der Waals surface area contributed by atoms with Crippen LogP contribution in [0.15, 0.2) is 22.9 Å². The van der Waals surface area contributed by atoms with Gasteiger partial charge in [0.15, 0.2) is 5.82 Å². The van der Waals surface area contributed by atoms with E-state index in [9.17, 15) is 4.79 Å². The standard InChI is InChI=1S/C15H17N5O2/c21-15(13-4-5-16-22-13)20-8-6-19(7-9-20)14-10-11-2-1-3-12(11)17-18-14/h4-5,10H,1-3,6-9H2. The number of rotatable bonds is 2. The van der Waals surface area contributed by atoms with Crippen molar-refractivity contribution in [3.8, 4) is 0 Å². The zero-order valence-corrected chi connectivity index (χ0v) is 12.2. The fourth-order valence-electron chi connectivity index (χ4n) is 3.09. The van der Waals surface area contributed by atoms with Gasteiger partial charge in [-0.2, -0.15) is 5.10 Å². The van der Waals surface area contributed by atoms with Crippen molar-refractivity contribution in [3.05, 3.63) is 35.3 Å². The van der Waals surface area contributed by atoms with Gasteiger partial charge in [-0.1, -0.05) is 5.16 Å². The Morgan fingerprint density at radius 3 is 2.77 bits per heavy atom. The molecule has 0 atom stereocenters. The molecular formula is C15H17N5O2. The van der Waals surface area contributed by atoms with E-state index in [2.05, 4.69) is 26.3 Å². The van der Waals surface area contributed by atoms with Crippen LogP contribution in [0.4, 0.5) is 5.82 Å². The summed E-state index contributed by atoms with van der Waals surface area (Å²) in [5, 5.41) is 12.3. The number of piperazine rings is 1. The fourth-order valence-corrected chi connectivity index (χ4v) is 3.09. The van der Waals surface area contributed by atoms with Crippen LogP contribution in [-0.2, 0) is 12.8 Å². The molecule has 0 unspecified atom stereocenters. The number of hydrogen-bond acceptors (Lipinski definition) is 6. The monoisotopic (exact) mass is 299 g/mol. The highest BCUT2D eigenvalue weighted by Gasteiger charge is 2.25. The number of fused-ring (bicyclic) bond motifs is 1. The summed E-state index contributed by atoms with van der Waals surface area (Å²) >= 11 is 0. The van der Waals surface area contributed by atoms with Crippen molar-refractivity contribution in [1.82, 2.24) is 20.3 Å². The highest BCUT2D eigenvalue weighted by molar-refractivity contribution is 5.91. The normalized spacial score (nSPS) is 17.6. The van der Waals surface area contributed by atoms with E-state index in [1.807, 2.05) is 0 Å². The van der Waals surface area contributed by atoms with Crippen molar-refractivity contribution in [2.75, 3.05) is 31.1 Å². The summed E-state index contributed by atoms with van der Waals surface area (Å²) in [5.41, 5.74) is 2.47. The van der Waals surface area contributed by atoms with E-state index in [1.165, 1.54) is 18.2 Å². The highest BCUT2D eigenvalue weighted by Crippen LogP contribution is 2.23. The van der Waals surface area contributed by atoms with E-state index in [-0.39, 0.29) is 5.91 Å². The Morgan fingerprint density at radius 1 is 1.14 bits per heavy atom. The van der Waals surface area contributed by atoms with Crippen molar-refractivity contribution in [3.63, 3.8) is 0 Å². The van der Waals surface area contributed by atoms with Crippen LogP contribution < -0.4 is 4.90 Å². The molecule has 4 rings (SSSR count). The van der Waals surface area contributed by atoms with Crippen LogP contribution in [0.1, 0.15) is 28.2 Å². The second-order valence-corrected chi connectivity index (χ2v) is 5.68. The maximum absolute atomic E-state index is 12.2. The van der Waals surface area contributed by atoms with Crippen molar-refractivity contribution in [2.45, 2.75) is 19.3 Å². The van der Waals surface area contributed by atoms with Gasteiger partial charge in [0, 0.05) is 32.2 Å². The first kappa shape index (κ1) is 13.2. The van der Waals surface area contributed by atoms with Gasteiger partial charge >= 0.3 is 0 Å². The largest absolute Gasteiger partial charge is 0.352 e. The van der Waals surface area contributed by atoms with Gasteiger partial charge in [0.1, 0.15) is 0 Å². The first-order valence-electron chi connectivity index (χ1n) is 7.61. The number of anilines is 1. The van der Waals surface area contributed by atoms with Gasteiger partial charge < -0.3 is 14.3 Å². The van der Waals surface area contributed by atoms with Gasteiger partial charge in [-0.15, -0.1) is 5.10 Å². The molecule has 1 aliphatic heterocycles. The summed E-state index contributed by atoms with van der Waals surface area (Å²) in [6, 6.07) is 3.75. The first-order chi connectivity index (χ1) is 10.8. The molecule has 1 fully saturated rings. The smallest absolute Gasteiger partial charge is 0.292 e. The minimum Gasteiger partial charge on any atom is -0.352 e. The van der Waals surface area contributed by atoms with E-state index >= 15 is 0 Å². The summed E-state index contributed by atoms with van der Waals surface area (Å²) in [4.78, 5) is 16.2. The molecule has 0 spiro atoms. The fraction of sp³-hybridized carbons (Fsp3) is 0.467. The Labute approximate surface area is 127 Å². The molecule has 114 valence electrons. The van der Waals surface area contributed by atoms with Gasteiger partial charge in [0.25, 0.3) is 5.91 Å². The minimum absolute atomic E-state index is 0.0998. The second-order valence-electron chi connectivity index (χ2n) is 5.68. The lowest BCUT2D eigenvalue weighted by Gasteiger charge is -2.34. The van der Waals surface area contributed by atoms with Crippen LogP contribution in [0, 0.1) is 0 Å². The third kappa shape index (κ3) is 2.32. The second kappa shape index (κ2) is 5.40. The van der Waals surface area contributed by atoms with Crippen molar-refractivity contribution >= 4 is 11.7 Å². The lowest BCUT2D eigenvalue weighted by Crippen LogP contribution is -2.49. The molecule has 0 aromatic carbocycles. The van der Waals surface area contributed by atoms with E-state index in [1.54, 1.807) is 11.0 Å². The molecule has 0 N–H and O–H groups in total. The van der Waals surface area contributed by atoms with Crippen LogP contribution >= 0.6 is 0 Å². The zero-order chi connectivity index (χ0) is 14.9. The molecule has 0 saturated carbocycles.